The van der Waals surface area contributed by atoms with Crippen molar-refractivity contribution in [3.05, 3.63) is 18.3 Å². The standard InChI is InChI=1S/C12H17ClF2N2O/c1-2-8-18-10-4-3-6-16-12(10)17(7-5-13)9-11(14)15/h3-4,6,11H,2,5,7-9H2,1H3. The Morgan fingerprint density at radius 3 is 2.89 bits per heavy atom. The molecule has 0 N–H and O–H groups in total. The molecule has 0 bridgehead atoms. The number of hydrogen-bond donors (Lipinski definition) is 0. The molecule has 0 atom stereocenters. The third-order valence-corrected chi connectivity index (χ3v) is 2.39. The van der Waals surface area contributed by atoms with Gasteiger partial charge in [-0.2, -0.15) is 0 Å². The fourth-order valence-electron chi connectivity index (χ4n) is 1.50. The van der Waals surface area contributed by atoms with E-state index in [1.165, 1.54) is 4.90 Å². The van der Waals surface area contributed by atoms with E-state index in [2.05, 4.69) is 4.98 Å². The van der Waals surface area contributed by atoms with Crippen molar-refractivity contribution in [1.29, 1.82) is 0 Å². The molecule has 0 unspecified atom stereocenters. The molecule has 0 fully saturated rings. The fraction of sp³-hybridized carbons (Fsp3) is 0.583. The van der Waals surface area contributed by atoms with E-state index in [1.54, 1.807) is 18.3 Å². The van der Waals surface area contributed by atoms with Gasteiger partial charge in [-0.05, 0) is 18.6 Å². The maximum Gasteiger partial charge on any atom is 0.255 e. The second kappa shape index (κ2) is 8.08. The highest BCUT2D eigenvalue weighted by Crippen LogP contribution is 2.26. The molecule has 0 saturated heterocycles. The van der Waals surface area contributed by atoms with Crippen LogP contribution in [0.5, 0.6) is 5.75 Å². The molecule has 1 rings (SSSR count). The highest BCUT2D eigenvalue weighted by atomic mass is 35.5. The molecule has 0 radical (unpaired) electrons. The summed E-state index contributed by atoms with van der Waals surface area (Å²) < 4.78 is 30.6. The maximum absolute atomic E-state index is 12.5. The average Bonchev–Trinajstić information content (AvgIpc) is 2.36. The Kier molecular flexibility index (Phi) is 6.72. The Balaban J connectivity index is 2.87. The van der Waals surface area contributed by atoms with Crippen LogP contribution in [0.3, 0.4) is 0 Å². The first-order valence-electron chi connectivity index (χ1n) is 5.86. The van der Waals surface area contributed by atoms with Crippen molar-refractivity contribution >= 4 is 17.4 Å². The Morgan fingerprint density at radius 2 is 2.28 bits per heavy atom. The van der Waals surface area contributed by atoms with Crippen molar-refractivity contribution in [3.63, 3.8) is 0 Å². The van der Waals surface area contributed by atoms with Gasteiger partial charge in [0.25, 0.3) is 6.43 Å². The van der Waals surface area contributed by atoms with E-state index >= 15 is 0 Å². The highest BCUT2D eigenvalue weighted by molar-refractivity contribution is 6.18. The Hall–Kier alpha value is -1.10. The normalized spacial score (nSPS) is 10.7. The molecule has 0 aliphatic heterocycles. The molecule has 0 aliphatic rings. The number of pyridine rings is 1. The first-order chi connectivity index (χ1) is 8.69. The SMILES string of the molecule is CCCOc1cccnc1N(CCCl)CC(F)F. The van der Waals surface area contributed by atoms with Gasteiger partial charge >= 0.3 is 0 Å². The molecule has 6 heteroatoms. The molecule has 1 heterocycles. The van der Waals surface area contributed by atoms with E-state index in [4.69, 9.17) is 16.3 Å². The molecular weight excluding hydrogens is 262 g/mol. The summed E-state index contributed by atoms with van der Waals surface area (Å²) in [5.74, 6) is 1.20. The number of alkyl halides is 3. The van der Waals surface area contributed by atoms with Gasteiger partial charge in [0.1, 0.15) is 0 Å². The van der Waals surface area contributed by atoms with Crippen LogP contribution < -0.4 is 9.64 Å². The zero-order chi connectivity index (χ0) is 13.4. The maximum atomic E-state index is 12.5. The van der Waals surface area contributed by atoms with E-state index in [1.807, 2.05) is 6.92 Å². The molecule has 0 saturated carbocycles. The third-order valence-electron chi connectivity index (χ3n) is 2.22. The lowest BCUT2D eigenvalue weighted by atomic mass is 10.3. The molecule has 102 valence electrons. The molecule has 1 aromatic heterocycles. The lowest BCUT2D eigenvalue weighted by molar-refractivity contribution is 0.154. The number of halogens is 3. The number of ether oxygens (including phenoxy) is 1. The summed E-state index contributed by atoms with van der Waals surface area (Å²) in [5.41, 5.74) is 0. The Bertz CT molecular complexity index is 353. The van der Waals surface area contributed by atoms with Gasteiger partial charge in [0.15, 0.2) is 11.6 Å². The summed E-state index contributed by atoms with van der Waals surface area (Å²) in [6.07, 6.45) is -0.0336. The first-order valence-corrected chi connectivity index (χ1v) is 6.39. The van der Waals surface area contributed by atoms with Crippen LogP contribution in [0.25, 0.3) is 0 Å². The second-order valence-corrected chi connectivity index (χ2v) is 4.08. The van der Waals surface area contributed by atoms with Gasteiger partial charge in [-0.25, -0.2) is 13.8 Å². The van der Waals surface area contributed by atoms with Crippen molar-refractivity contribution in [3.8, 4) is 5.75 Å². The van der Waals surface area contributed by atoms with Gasteiger partial charge < -0.3 is 9.64 Å². The van der Waals surface area contributed by atoms with E-state index in [0.29, 0.717) is 24.7 Å². The number of nitrogens with zero attached hydrogens (tertiary/aromatic N) is 2. The zero-order valence-electron chi connectivity index (χ0n) is 10.3. The van der Waals surface area contributed by atoms with Gasteiger partial charge in [-0.15, -0.1) is 11.6 Å². The number of anilines is 1. The summed E-state index contributed by atoms with van der Waals surface area (Å²) in [4.78, 5) is 5.56. The van der Waals surface area contributed by atoms with E-state index in [0.717, 1.165) is 6.42 Å². The minimum atomic E-state index is -2.44. The zero-order valence-corrected chi connectivity index (χ0v) is 11.0. The van der Waals surface area contributed by atoms with Crippen LogP contribution in [0, 0.1) is 0 Å². The monoisotopic (exact) mass is 278 g/mol. The lowest BCUT2D eigenvalue weighted by Gasteiger charge is -2.24. The number of aromatic nitrogens is 1. The van der Waals surface area contributed by atoms with Crippen molar-refractivity contribution in [2.75, 3.05) is 30.5 Å². The molecule has 0 aliphatic carbocycles. The quantitative estimate of drug-likeness (QED) is 0.683. The molecule has 0 aromatic carbocycles. The average molecular weight is 279 g/mol. The van der Waals surface area contributed by atoms with Gasteiger partial charge in [0, 0.05) is 18.6 Å². The topological polar surface area (TPSA) is 25.4 Å². The van der Waals surface area contributed by atoms with Crippen molar-refractivity contribution < 1.29 is 13.5 Å². The van der Waals surface area contributed by atoms with Crippen LogP contribution >= 0.6 is 11.6 Å². The summed E-state index contributed by atoms with van der Waals surface area (Å²) in [5, 5.41) is 0. The van der Waals surface area contributed by atoms with Crippen LogP contribution in [0.15, 0.2) is 18.3 Å². The molecule has 0 amide bonds. The molecule has 1 aromatic rings. The molecule has 3 nitrogen and oxygen atoms in total. The third kappa shape index (κ3) is 4.64. The minimum Gasteiger partial charge on any atom is -0.490 e. The lowest BCUT2D eigenvalue weighted by Crippen LogP contribution is -2.31. The van der Waals surface area contributed by atoms with Crippen LogP contribution in [0.1, 0.15) is 13.3 Å². The van der Waals surface area contributed by atoms with Crippen molar-refractivity contribution in [2.45, 2.75) is 19.8 Å². The molecule has 0 spiro atoms. The largest absolute Gasteiger partial charge is 0.490 e. The highest BCUT2D eigenvalue weighted by Gasteiger charge is 2.17. The minimum absolute atomic E-state index is 0.260. The van der Waals surface area contributed by atoms with Gasteiger partial charge in [-0.1, -0.05) is 6.92 Å². The molecule has 18 heavy (non-hydrogen) atoms. The van der Waals surface area contributed by atoms with E-state index in [9.17, 15) is 8.78 Å². The second-order valence-electron chi connectivity index (χ2n) is 3.70. The summed E-state index contributed by atoms with van der Waals surface area (Å²) >= 11 is 5.63. The van der Waals surface area contributed by atoms with Crippen LogP contribution in [-0.4, -0.2) is 37.0 Å². The summed E-state index contributed by atoms with van der Waals surface area (Å²) in [6, 6.07) is 3.44. The van der Waals surface area contributed by atoms with E-state index in [-0.39, 0.29) is 5.88 Å². The Morgan fingerprint density at radius 1 is 1.50 bits per heavy atom. The predicted octanol–water partition coefficient (Wildman–Crippen LogP) is 3.18. The summed E-state index contributed by atoms with van der Waals surface area (Å²) in [7, 11) is 0. The summed E-state index contributed by atoms with van der Waals surface area (Å²) in [6.45, 7) is 2.42. The first kappa shape index (κ1) is 15.0. The van der Waals surface area contributed by atoms with Crippen LogP contribution in [-0.2, 0) is 0 Å². The number of hydrogen-bond acceptors (Lipinski definition) is 3. The van der Waals surface area contributed by atoms with Crippen molar-refractivity contribution in [1.82, 2.24) is 4.98 Å². The van der Waals surface area contributed by atoms with Crippen LogP contribution in [0.4, 0.5) is 14.6 Å². The van der Waals surface area contributed by atoms with Crippen LogP contribution in [0.2, 0.25) is 0 Å². The van der Waals surface area contributed by atoms with Gasteiger partial charge in [0.2, 0.25) is 0 Å². The Labute approximate surface area is 111 Å². The van der Waals surface area contributed by atoms with Gasteiger partial charge in [-0.3, -0.25) is 0 Å². The van der Waals surface area contributed by atoms with E-state index < -0.39 is 13.0 Å². The smallest absolute Gasteiger partial charge is 0.255 e. The van der Waals surface area contributed by atoms with Gasteiger partial charge in [0.05, 0.1) is 13.2 Å². The number of rotatable bonds is 8. The predicted molar refractivity (Wildman–Crippen MR) is 69.0 cm³/mol. The van der Waals surface area contributed by atoms with Crippen molar-refractivity contribution in [2.24, 2.45) is 0 Å². The fourth-order valence-corrected chi connectivity index (χ4v) is 1.70. The molecular formula is C12H17ClF2N2O.